The molecule has 20 aromatic rings. The summed E-state index contributed by atoms with van der Waals surface area (Å²) in [5.74, 6) is -0.976. The van der Waals surface area contributed by atoms with Crippen molar-refractivity contribution in [2.45, 2.75) is 94.9 Å². The molecule has 12 aromatic carbocycles. The second-order valence-electron chi connectivity index (χ2n) is 34.1. The number of fused-ring (bicyclic) bond motifs is 12. The predicted molar refractivity (Wildman–Crippen MR) is 514 cm³/mol. The smallest absolute Gasteiger partial charge is 0.216 e. The zero-order chi connectivity index (χ0) is 91.7. The summed E-state index contributed by atoms with van der Waals surface area (Å²) >= 11 is 0. The van der Waals surface area contributed by atoms with Gasteiger partial charge in [-0.3, -0.25) is 0 Å². The molecule has 0 aliphatic carbocycles. The normalized spacial score (nSPS) is 11.3. The first-order chi connectivity index (χ1) is 62.6. The van der Waals surface area contributed by atoms with Gasteiger partial charge in [0.1, 0.15) is 96.1 Å². The van der Waals surface area contributed by atoms with Crippen LogP contribution in [0.15, 0.2) is 273 Å². The molecule has 0 unspecified atom stereocenters. The number of aryl methyl sites for hydroxylation is 9. The molecular formula is C114H92F4N8O4+4. The van der Waals surface area contributed by atoms with Crippen LogP contribution in [0.1, 0.15) is 95.4 Å². The minimum atomic E-state index is -0.442. The van der Waals surface area contributed by atoms with Gasteiger partial charge in [-0.25, -0.2) is 46.1 Å². The molecule has 16 heteroatoms. The topological polar surface area (TPSA) is 85.5 Å². The van der Waals surface area contributed by atoms with Gasteiger partial charge in [0.05, 0.1) is 70.1 Å². The third-order valence-corrected chi connectivity index (χ3v) is 25.1. The molecule has 0 saturated carbocycles. The molecule has 0 N–H and O–H groups in total. The van der Waals surface area contributed by atoms with E-state index in [0.717, 1.165) is 112 Å². The lowest BCUT2D eigenvalue weighted by atomic mass is 9.95. The number of furan rings is 4. The first-order valence-corrected chi connectivity index (χ1v) is 43.0. The van der Waals surface area contributed by atoms with Crippen LogP contribution in [0, 0.1) is 105 Å². The molecule has 8 aromatic heterocycles. The predicted octanol–water partition coefficient (Wildman–Crippen LogP) is 30.5. The Morgan fingerprint density at radius 1 is 0.292 bits per heavy atom. The first kappa shape index (κ1) is 86.2. The van der Waals surface area contributed by atoms with Crippen LogP contribution in [0.2, 0.25) is 0 Å². The van der Waals surface area contributed by atoms with Crippen molar-refractivity contribution in [1.29, 1.82) is 0 Å². The molecule has 0 atom stereocenters. The largest absolute Gasteiger partial charge is 0.456 e. The van der Waals surface area contributed by atoms with Gasteiger partial charge in [-0.15, -0.1) is 0 Å². The number of aromatic nitrogens is 4. The van der Waals surface area contributed by atoms with Gasteiger partial charge in [-0.05, 0) is 145 Å². The third kappa shape index (κ3) is 15.1. The van der Waals surface area contributed by atoms with Crippen molar-refractivity contribution < 1.29 is 53.5 Å². The van der Waals surface area contributed by atoms with E-state index >= 15 is 17.6 Å². The van der Waals surface area contributed by atoms with Gasteiger partial charge in [0.2, 0.25) is 45.5 Å². The van der Waals surface area contributed by atoms with E-state index in [0.29, 0.717) is 116 Å². The average molecular weight is 1710 g/mol. The molecule has 0 saturated heterocycles. The Labute approximate surface area is 752 Å². The highest BCUT2D eigenvalue weighted by molar-refractivity contribution is 6.20. The molecule has 20 rings (SSSR count). The standard InChI is InChI=1S/2C30H26FN2O.2C27H20FN2O/c1-17(2)21-14-19(4)33(6)25(15-21)26-18(3)12-13-22-28-23(31)16-24(32-5)27(30(28)34-29(22)26)20-10-8-7-9-11-20;1-17(2)21-14-15-25(33(6)19(21)4)26-18(3)12-13-22-28-23(31)16-24(32-5)27(30(28)34-29(22)26)20-10-8-7-9-11-20;1-16-10-13-22(30(4)15-16)23-17(2)11-12-19-25-20(28)14-21(29-3)24(27(25)31-26(19)23)18-8-6-5-7-9-18;1-16-12-13-30(4)22(14-16)23-17(2)10-11-19-25-20(28)15-21(29-3)24(27(25)31-26(19)23)18-8-6-5-7-9-18/h2*7-17H,1-4,6H3;2*5-15H,1-2,4H3/q4*+1. The number of benzene rings is 12. The van der Waals surface area contributed by atoms with E-state index in [-0.39, 0.29) is 22.7 Å². The molecule has 0 fully saturated rings. The van der Waals surface area contributed by atoms with Gasteiger partial charge < -0.3 is 17.7 Å². The van der Waals surface area contributed by atoms with Gasteiger partial charge in [0.15, 0.2) is 23.8 Å². The summed E-state index contributed by atoms with van der Waals surface area (Å²) in [7, 11) is 8.09. The maximum absolute atomic E-state index is 15.4. The van der Waals surface area contributed by atoms with E-state index < -0.39 is 23.3 Å². The number of rotatable bonds is 10. The highest BCUT2D eigenvalue weighted by atomic mass is 19.1. The lowest BCUT2D eigenvalue weighted by molar-refractivity contribution is -0.667. The zero-order valence-corrected chi connectivity index (χ0v) is 75.1. The first-order valence-electron chi connectivity index (χ1n) is 43.0. The molecular weight excluding hydrogens is 1620 g/mol. The van der Waals surface area contributed by atoms with Crippen molar-refractivity contribution in [3.63, 3.8) is 0 Å². The van der Waals surface area contributed by atoms with Crippen molar-refractivity contribution in [2.24, 2.45) is 28.2 Å². The number of hydrogen-bond donors (Lipinski definition) is 0. The van der Waals surface area contributed by atoms with Gasteiger partial charge in [-0.2, -0.15) is 9.13 Å². The molecule has 0 amide bonds. The quantitative estimate of drug-likeness (QED) is 0.0776. The Kier molecular flexibility index (Phi) is 23.1. The highest BCUT2D eigenvalue weighted by Crippen LogP contribution is 2.52. The van der Waals surface area contributed by atoms with Crippen LogP contribution in [0.5, 0.6) is 0 Å². The summed E-state index contributed by atoms with van der Waals surface area (Å²) in [5, 5.41) is 4.52. The molecule has 0 aliphatic rings. The average Bonchev–Trinajstić information content (AvgIpc) is 1.59. The minimum absolute atomic E-state index is 0.245. The van der Waals surface area contributed by atoms with Crippen molar-refractivity contribution >= 4 is 111 Å². The lowest BCUT2D eigenvalue weighted by Gasteiger charge is -2.11. The number of halogens is 4. The molecule has 0 aliphatic heterocycles. The number of hydrogen-bond acceptors (Lipinski definition) is 4. The molecule has 12 nitrogen and oxygen atoms in total. The third-order valence-electron chi connectivity index (χ3n) is 25.1. The second-order valence-corrected chi connectivity index (χ2v) is 34.1. The minimum Gasteiger partial charge on any atom is -0.456 e. The van der Waals surface area contributed by atoms with Gasteiger partial charge >= 0.3 is 0 Å². The van der Waals surface area contributed by atoms with Crippen molar-refractivity contribution in [1.82, 2.24) is 0 Å². The summed E-state index contributed by atoms with van der Waals surface area (Å²) in [6.07, 6.45) is 4.07. The van der Waals surface area contributed by atoms with Gasteiger partial charge in [-0.1, -0.05) is 198 Å². The summed E-state index contributed by atoms with van der Waals surface area (Å²) in [6.45, 7) is 55.8. The Morgan fingerprint density at radius 3 is 0.954 bits per heavy atom. The molecule has 0 bridgehead atoms. The fourth-order valence-corrected chi connectivity index (χ4v) is 18.3. The van der Waals surface area contributed by atoms with Crippen LogP contribution < -0.4 is 18.3 Å². The Morgan fingerprint density at radius 2 is 0.623 bits per heavy atom. The fourth-order valence-electron chi connectivity index (χ4n) is 18.3. The van der Waals surface area contributed by atoms with E-state index in [4.69, 9.17) is 44.0 Å². The van der Waals surface area contributed by atoms with Crippen LogP contribution >= 0.6 is 0 Å². The van der Waals surface area contributed by atoms with Crippen LogP contribution in [0.4, 0.5) is 40.3 Å². The molecule has 0 spiro atoms. The maximum atomic E-state index is 15.4. The Balaban J connectivity index is 0.000000122. The van der Waals surface area contributed by atoms with Crippen molar-refractivity contribution in [2.75, 3.05) is 0 Å². The van der Waals surface area contributed by atoms with E-state index in [9.17, 15) is 0 Å². The molecule has 636 valence electrons. The number of nitrogens with zero attached hydrogens (tertiary/aromatic N) is 8. The van der Waals surface area contributed by atoms with E-state index in [2.05, 4.69) is 137 Å². The second kappa shape index (κ2) is 34.8. The summed E-state index contributed by atoms with van der Waals surface area (Å²) < 4.78 is 95.7. The van der Waals surface area contributed by atoms with E-state index in [1.165, 1.54) is 41.1 Å². The molecule has 0 radical (unpaired) electrons. The van der Waals surface area contributed by atoms with E-state index in [1.807, 2.05) is 242 Å². The lowest BCUT2D eigenvalue weighted by Crippen LogP contribution is -2.36. The van der Waals surface area contributed by atoms with Gasteiger partial charge in [0.25, 0.3) is 0 Å². The fraction of sp³-hybridized carbons (Fsp3) is 0.158. The molecule has 8 heterocycles. The van der Waals surface area contributed by atoms with Crippen LogP contribution in [0.25, 0.3) is 197 Å². The van der Waals surface area contributed by atoms with Crippen LogP contribution in [0.3, 0.4) is 0 Å². The van der Waals surface area contributed by atoms with Crippen molar-refractivity contribution in [3.05, 3.63) is 380 Å². The monoisotopic (exact) mass is 1710 g/mol. The Bertz CT molecular complexity index is 8220. The molecule has 130 heavy (non-hydrogen) atoms. The SMILES string of the molecule is [C-]#[N+]c1cc(F)c2c(oc3c(-c4cc(C(C)C)cc(C)[n+]4C)c(C)ccc32)c1-c1ccccc1.[C-]#[N+]c1cc(F)c2c(oc3c(-c4cc(C)cc[n+]4C)c(C)ccc32)c1-c1ccccc1.[C-]#[N+]c1cc(F)c2c(oc3c(-c4ccc(C(C)C)c(C)[n+]4C)c(C)ccc32)c1-c1ccccc1.[C-]#[N+]c1cc(F)c2c(oc3c(-c4ccc(C)c[n+]4C)c(C)ccc32)c1-c1ccccc1. The number of pyridine rings is 4. The van der Waals surface area contributed by atoms with Crippen LogP contribution in [-0.4, -0.2) is 0 Å². The maximum Gasteiger partial charge on any atom is 0.216 e. The van der Waals surface area contributed by atoms with Gasteiger partial charge in [0, 0.05) is 105 Å². The van der Waals surface area contributed by atoms with Crippen molar-refractivity contribution in [3.8, 4) is 89.5 Å². The highest BCUT2D eigenvalue weighted by Gasteiger charge is 2.33. The Hall–Kier alpha value is -15.9. The van der Waals surface area contributed by atoms with E-state index in [1.54, 1.807) is 0 Å². The summed E-state index contributed by atoms with van der Waals surface area (Å²) in [5.41, 5.74) is 30.1. The zero-order valence-electron chi connectivity index (χ0n) is 75.1. The summed E-state index contributed by atoms with van der Waals surface area (Å²) in [6, 6.07) is 76.3. The van der Waals surface area contributed by atoms with Crippen LogP contribution in [-0.2, 0) is 28.2 Å². The summed E-state index contributed by atoms with van der Waals surface area (Å²) in [4.78, 5) is 14.4.